The van der Waals surface area contributed by atoms with Crippen molar-refractivity contribution < 1.29 is 14.3 Å². The van der Waals surface area contributed by atoms with Gasteiger partial charge >= 0.3 is 5.97 Å². The average molecular weight is 443 g/mol. The van der Waals surface area contributed by atoms with Gasteiger partial charge in [0, 0.05) is 37.6 Å². The number of rotatable bonds is 12. The van der Waals surface area contributed by atoms with E-state index < -0.39 is 0 Å². The van der Waals surface area contributed by atoms with Crippen molar-refractivity contribution in [2.24, 2.45) is 10.8 Å². The molecule has 1 aliphatic heterocycles. The van der Waals surface area contributed by atoms with Crippen LogP contribution in [0.1, 0.15) is 69.8 Å². The molecule has 0 aromatic heterocycles. The molecule has 1 saturated heterocycles. The highest BCUT2D eigenvalue weighted by Crippen LogP contribution is 2.45. The lowest BCUT2D eigenvalue weighted by Gasteiger charge is -2.47. The van der Waals surface area contributed by atoms with Gasteiger partial charge in [0.1, 0.15) is 0 Å². The fraction of sp³-hybridized carbons (Fsp3) is 0.741. The summed E-state index contributed by atoms with van der Waals surface area (Å²) in [5.41, 5.74) is 1.41. The molecule has 4 rings (SSSR count). The predicted octanol–water partition coefficient (Wildman–Crippen LogP) is 4.37. The van der Waals surface area contributed by atoms with Crippen LogP contribution in [0.5, 0.6) is 0 Å². The van der Waals surface area contributed by atoms with E-state index >= 15 is 0 Å². The van der Waals surface area contributed by atoms with Crippen LogP contribution in [0.15, 0.2) is 30.3 Å². The van der Waals surface area contributed by atoms with Crippen LogP contribution in [-0.4, -0.2) is 63.4 Å². The first-order valence-corrected chi connectivity index (χ1v) is 12.8. The number of ether oxygens (including phenoxy) is 2. The number of likely N-dealkylation sites (tertiary alicyclic amines) is 1. The van der Waals surface area contributed by atoms with Gasteiger partial charge in [0.05, 0.1) is 18.6 Å². The lowest BCUT2D eigenvalue weighted by molar-refractivity contribution is -0.164. The summed E-state index contributed by atoms with van der Waals surface area (Å²) >= 11 is 0. The van der Waals surface area contributed by atoms with Crippen LogP contribution in [-0.2, 0) is 14.3 Å². The number of nitrogens with zero attached hydrogens (tertiary/aromatic N) is 1. The van der Waals surface area contributed by atoms with E-state index in [0.717, 1.165) is 77.7 Å². The number of benzene rings is 1. The molecule has 3 fully saturated rings. The quantitative estimate of drug-likeness (QED) is 0.385. The van der Waals surface area contributed by atoms with Crippen LogP contribution in [0.3, 0.4) is 0 Å². The maximum atomic E-state index is 12.8. The molecule has 0 spiro atoms. The molecule has 1 unspecified atom stereocenters. The Bertz CT molecular complexity index is 726. The summed E-state index contributed by atoms with van der Waals surface area (Å²) in [6, 6.07) is 11.5. The largest absolute Gasteiger partial charge is 0.465 e. The molecule has 0 amide bonds. The van der Waals surface area contributed by atoms with Gasteiger partial charge in [-0.05, 0) is 57.2 Å². The third-order valence-electron chi connectivity index (χ3n) is 8.13. The lowest BCUT2D eigenvalue weighted by atomic mass is 9.67. The van der Waals surface area contributed by atoms with Crippen LogP contribution in [0, 0.1) is 10.8 Å². The van der Waals surface area contributed by atoms with E-state index in [1.165, 1.54) is 12.0 Å². The number of carbonyl (C=O) groups excluding carboxylic acids is 1. The van der Waals surface area contributed by atoms with Crippen molar-refractivity contribution in [3.05, 3.63) is 35.9 Å². The van der Waals surface area contributed by atoms with E-state index in [4.69, 9.17) is 9.47 Å². The standard InChI is InChI=1S/C27H42N2O3/c1-3-4-17-32-25(30)27(11-8-12-27)20-29-15-13-26(14-16-29,21-31-2)19-28-24-18-23(24)22-9-6-5-7-10-22/h5-7,9-10,23-24,28H,3-4,8,11-21H2,1-2H3/t23?,24-/m1/s1. The van der Waals surface area contributed by atoms with Gasteiger partial charge in [-0.25, -0.2) is 0 Å². The van der Waals surface area contributed by atoms with Crippen molar-refractivity contribution in [3.8, 4) is 0 Å². The number of nitrogens with one attached hydrogen (secondary N) is 1. The first-order chi connectivity index (χ1) is 15.6. The molecule has 1 N–H and O–H groups in total. The Labute approximate surface area is 194 Å². The first-order valence-electron chi connectivity index (χ1n) is 12.8. The fourth-order valence-electron chi connectivity index (χ4n) is 5.62. The minimum atomic E-state index is -0.246. The lowest BCUT2D eigenvalue weighted by Crippen LogP contribution is -2.53. The molecule has 1 aromatic carbocycles. The van der Waals surface area contributed by atoms with E-state index in [-0.39, 0.29) is 16.8 Å². The van der Waals surface area contributed by atoms with E-state index in [9.17, 15) is 4.79 Å². The van der Waals surface area contributed by atoms with Crippen LogP contribution < -0.4 is 5.32 Å². The summed E-state index contributed by atoms with van der Waals surface area (Å²) in [5, 5.41) is 3.86. The number of piperidine rings is 1. The zero-order chi connectivity index (χ0) is 22.4. The first kappa shape index (κ1) is 23.7. The molecule has 3 aliphatic rings. The average Bonchev–Trinajstić information content (AvgIpc) is 3.57. The molecule has 2 atom stereocenters. The second kappa shape index (κ2) is 10.7. The molecule has 5 nitrogen and oxygen atoms in total. The van der Waals surface area contributed by atoms with Crippen LogP contribution in [0.25, 0.3) is 0 Å². The Balaban J connectivity index is 1.26. The Morgan fingerprint density at radius 2 is 1.91 bits per heavy atom. The highest BCUT2D eigenvalue weighted by molar-refractivity contribution is 5.78. The number of esters is 1. The molecule has 5 heteroatoms. The molecule has 0 radical (unpaired) electrons. The third kappa shape index (κ3) is 5.55. The van der Waals surface area contributed by atoms with E-state index in [1.54, 1.807) is 0 Å². The van der Waals surface area contributed by atoms with E-state index in [2.05, 4.69) is 47.5 Å². The Kier molecular flexibility index (Phi) is 7.91. The number of methoxy groups -OCH3 is 1. The summed E-state index contributed by atoms with van der Waals surface area (Å²) in [4.78, 5) is 15.3. The summed E-state index contributed by atoms with van der Waals surface area (Å²) in [5.74, 6) is 0.710. The van der Waals surface area contributed by atoms with E-state index in [0.29, 0.717) is 18.6 Å². The number of hydrogen-bond acceptors (Lipinski definition) is 5. The number of carbonyl (C=O) groups is 1. The van der Waals surface area contributed by atoms with Gasteiger partial charge in [-0.1, -0.05) is 50.1 Å². The molecule has 1 heterocycles. The van der Waals surface area contributed by atoms with Gasteiger partial charge in [0.25, 0.3) is 0 Å². The molecule has 2 saturated carbocycles. The van der Waals surface area contributed by atoms with Crippen molar-refractivity contribution >= 4 is 5.97 Å². The second-order valence-corrected chi connectivity index (χ2v) is 10.6. The molecule has 1 aromatic rings. The minimum absolute atomic E-state index is 0.0493. The molecular formula is C27H42N2O3. The molecular weight excluding hydrogens is 400 g/mol. The minimum Gasteiger partial charge on any atom is -0.465 e. The molecule has 32 heavy (non-hydrogen) atoms. The van der Waals surface area contributed by atoms with Crippen molar-refractivity contribution in [1.82, 2.24) is 10.2 Å². The zero-order valence-electron chi connectivity index (χ0n) is 20.1. The second-order valence-electron chi connectivity index (χ2n) is 10.6. The summed E-state index contributed by atoms with van der Waals surface area (Å²) in [6.45, 7) is 7.49. The molecule has 0 bridgehead atoms. The maximum absolute atomic E-state index is 12.8. The third-order valence-corrected chi connectivity index (χ3v) is 8.13. The highest BCUT2D eigenvalue weighted by atomic mass is 16.5. The van der Waals surface area contributed by atoms with Gasteiger partial charge in [0.2, 0.25) is 0 Å². The van der Waals surface area contributed by atoms with Gasteiger partial charge in [-0.2, -0.15) is 0 Å². The summed E-state index contributed by atoms with van der Waals surface area (Å²) in [6.07, 6.45) is 8.64. The van der Waals surface area contributed by atoms with Gasteiger partial charge < -0.3 is 19.7 Å². The van der Waals surface area contributed by atoms with Crippen LogP contribution >= 0.6 is 0 Å². The maximum Gasteiger partial charge on any atom is 0.313 e. The number of hydrogen-bond donors (Lipinski definition) is 1. The van der Waals surface area contributed by atoms with Crippen LogP contribution in [0.2, 0.25) is 0 Å². The zero-order valence-corrected chi connectivity index (χ0v) is 20.1. The summed E-state index contributed by atoms with van der Waals surface area (Å²) < 4.78 is 11.3. The number of unbranched alkanes of at least 4 members (excludes halogenated alkanes) is 1. The van der Waals surface area contributed by atoms with Crippen molar-refractivity contribution in [1.29, 1.82) is 0 Å². The normalized spacial score (nSPS) is 26.3. The smallest absolute Gasteiger partial charge is 0.313 e. The van der Waals surface area contributed by atoms with E-state index in [1.807, 2.05) is 7.11 Å². The van der Waals surface area contributed by atoms with Gasteiger partial charge in [-0.3, -0.25) is 4.79 Å². The highest BCUT2D eigenvalue weighted by Gasteiger charge is 2.48. The molecule has 2 aliphatic carbocycles. The fourth-order valence-corrected chi connectivity index (χ4v) is 5.62. The Morgan fingerprint density at radius 1 is 1.16 bits per heavy atom. The van der Waals surface area contributed by atoms with Crippen molar-refractivity contribution in [2.45, 2.75) is 70.3 Å². The predicted molar refractivity (Wildman–Crippen MR) is 128 cm³/mol. The van der Waals surface area contributed by atoms with Gasteiger partial charge in [-0.15, -0.1) is 0 Å². The van der Waals surface area contributed by atoms with Crippen LogP contribution in [0.4, 0.5) is 0 Å². The van der Waals surface area contributed by atoms with Crippen molar-refractivity contribution in [2.75, 3.05) is 46.5 Å². The molecule has 178 valence electrons. The van der Waals surface area contributed by atoms with Crippen molar-refractivity contribution in [3.63, 3.8) is 0 Å². The Morgan fingerprint density at radius 3 is 2.53 bits per heavy atom. The monoisotopic (exact) mass is 442 g/mol. The SMILES string of the molecule is CCCCOC(=O)C1(CN2CCC(CN[C@@H]3CC3c3ccccc3)(COC)CC2)CCC1. The van der Waals surface area contributed by atoms with Gasteiger partial charge in [0.15, 0.2) is 0 Å². The topological polar surface area (TPSA) is 50.8 Å². The Hall–Kier alpha value is -1.43. The summed E-state index contributed by atoms with van der Waals surface area (Å²) in [7, 11) is 1.83.